The van der Waals surface area contributed by atoms with Crippen LogP contribution >= 0.6 is 11.6 Å². The lowest BCUT2D eigenvalue weighted by atomic mass is 9.80. The van der Waals surface area contributed by atoms with Gasteiger partial charge >= 0.3 is 0 Å². The van der Waals surface area contributed by atoms with Crippen molar-refractivity contribution in [2.24, 2.45) is 5.92 Å². The summed E-state index contributed by atoms with van der Waals surface area (Å²) < 4.78 is 13.8. The van der Waals surface area contributed by atoms with Crippen molar-refractivity contribution in [3.05, 3.63) is 70.0 Å². The van der Waals surface area contributed by atoms with Crippen LogP contribution in [0.2, 0.25) is 5.02 Å². The third-order valence-corrected chi connectivity index (χ3v) is 4.28. The second-order valence-corrected chi connectivity index (χ2v) is 5.57. The zero-order valence-corrected chi connectivity index (χ0v) is 11.7. The molecule has 0 saturated carbocycles. The predicted octanol–water partition coefficient (Wildman–Crippen LogP) is 4.47. The molecule has 0 heterocycles. The standard InChI is InChI=1S/C17H14ClFO/c18-15-6-3-7-16(19)14(15)10-12-9-8-11-4-1-2-5-13(11)17(12)20/h1-7,12H,8-10H2. The van der Waals surface area contributed by atoms with Crippen molar-refractivity contribution in [2.75, 3.05) is 0 Å². The van der Waals surface area contributed by atoms with Crippen LogP contribution in [0.15, 0.2) is 42.5 Å². The van der Waals surface area contributed by atoms with Crippen LogP contribution in [0.25, 0.3) is 0 Å². The number of carbonyl (C=O) groups is 1. The van der Waals surface area contributed by atoms with Gasteiger partial charge in [0.05, 0.1) is 0 Å². The molecule has 3 rings (SSSR count). The molecular weight excluding hydrogens is 275 g/mol. The van der Waals surface area contributed by atoms with Crippen LogP contribution in [-0.4, -0.2) is 5.78 Å². The fraction of sp³-hybridized carbons (Fsp3) is 0.235. The summed E-state index contributed by atoms with van der Waals surface area (Å²) in [6, 6.07) is 12.3. The maximum atomic E-state index is 13.8. The number of benzene rings is 2. The van der Waals surface area contributed by atoms with Gasteiger partial charge in [0.2, 0.25) is 0 Å². The van der Waals surface area contributed by atoms with Crippen LogP contribution in [0.1, 0.15) is 27.9 Å². The fourth-order valence-corrected chi connectivity index (χ4v) is 3.07. The van der Waals surface area contributed by atoms with E-state index in [4.69, 9.17) is 11.6 Å². The molecule has 0 aliphatic heterocycles. The number of hydrogen-bond donors (Lipinski definition) is 0. The fourth-order valence-electron chi connectivity index (χ4n) is 2.83. The van der Waals surface area contributed by atoms with Crippen LogP contribution in [-0.2, 0) is 12.8 Å². The molecule has 0 N–H and O–H groups in total. The maximum absolute atomic E-state index is 13.8. The second-order valence-electron chi connectivity index (χ2n) is 5.16. The molecule has 102 valence electrons. The molecule has 0 fully saturated rings. The van der Waals surface area contributed by atoms with Gasteiger partial charge in [-0.1, -0.05) is 41.9 Å². The van der Waals surface area contributed by atoms with E-state index in [9.17, 15) is 9.18 Å². The van der Waals surface area contributed by atoms with Crippen LogP contribution in [0, 0.1) is 11.7 Å². The molecule has 0 saturated heterocycles. The molecule has 20 heavy (non-hydrogen) atoms. The number of hydrogen-bond acceptors (Lipinski definition) is 1. The first-order valence-electron chi connectivity index (χ1n) is 6.72. The summed E-state index contributed by atoms with van der Waals surface area (Å²) in [5, 5.41) is 0.400. The second kappa shape index (κ2) is 5.37. The smallest absolute Gasteiger partial charge is 0.166 e. The van der Waals surface area contributed by atoms with Gasteiger partial charge in [0.15, 0.2) is 5.78 Å². The van der Waals surface area contributed by atoms with Crippen molar-refractivity contribution >= 4 is 17.4 Å². The quantitative estimate of drug-likeness (QED) is 0.797. The molecule has 1 atom stereocenters. The Kier molecular flexibility index (Phi) is 3.58. The van der Waals surface area contributed by atoms with Gasteiger partial charge in [-0.05, 0) is 37.0 Å². The Labute approximate surface area is 122 Å². The van der Waals surface area contributed by atoms with E-state index in [1.54, 1.807) is 12.1 Å². The number of rotatable bonds is 2. The van der Waals surface area contributed by atoms with Gasteiger partial charge in [-0.2, -0.15) is 0 Å². The first-order chi connectivity index (χ1) is 9.66. The normalized spacial score (nSPS) is 17.9. The van der Waals surface area contributed by atoms with E-state index in [1.165, 1.54) is 6.07 Å². The minimum atomic E-state index is -0.329. The Balaban J connectivity index is 1.89. The molecule has 0 spiro atoms. The van der Waals surface area contributed by atoms with Crippen LogP contribution in [0.5, 0.6) is 0 Å². The average molecular weight is 289 g/mol. The van der Waals surface area contributed by atoms with Gasteiger partial charge in [-0.3, -0.25) is 4.79 Å². The Bertz CT molecular complexity index is 646. The summed E-state index contributed by atoms with van der Waals surface area (Å²) in [6.45, 7) is 0. The summed E-state index contributed by atoms with van der Waals surface area (Å²) >= 11 is 6.05. The molecule has 2 aromatic rings. The molecule has 0 radical (unpaired) electrons. The van der Waals surface area contributed by atoms with Gasteiger partial charge < -0.3 is 0 Å². The lowest BCUT2D eigenvalue weighted by Gasteiger charge is -2.23. The topological polar surface area (TPSA) is 17.1 Å². The zero-order chi connectivity index (χ0) is 14.1. The first-order valence-corrected chi connectivity index (χ1v) is 7.09. The molecule has 2 aromatic carbocycles. The van der Waals surface area contributed by atoms with Crippen LogP contribution in [0.4, 0.5) is 4.39 Å². The minimum absolute atomic E-state index is 0.103. The highest BCUT2D eigenvalue weighted by Gasteiger charge is 2.28. The summed E-state index contributed by atoms with van der Waals surface area (Å²) in [4.78, 5) is 12.5. The number of ketones is 1. The Hall–Kier alpha value is -1.67. The van der Waals surface area contributed by atoms with Crippen molar-refractivity contribution in [1.29, 1.82) is 0 Å². The Morgan fingerprint density at radius 3 is 2.75 bits per heavy atom. The van der Waals surface area contributed by atoms with Gasteiger partial charge in [0, 0.05) is 22.1 Å². The molecular formula is C17H14ClFO. The largest absolute Gasteiger partial charge is 0.294 e. The molecule has 1 nitrogen and oxygen atoms in total. The van der Waals surface area contributed by atoms with Gasteiger partial charge in [0.25, 0.3) is 0 Å². The number of carbonyl (C=O) groups excluding carboxylic acids is 1. The number of Topliss-reactive ketones (excluding diaryl/α,β-unsaturated/α-hetero) is 1. The SMILES string of the molecule is O=C1c2ccccc2CCC1Cc1c(F)cccc1Cl. The number of aryl methyl sites for hydroxylation is 1. The molecule has 3 heteroatoms. The van der Waals surface area contributed by atoms with E-state index in [-0.39, 0.29) is 17.5 Å². The molecule has 1 unspecified atom stereocenters. The lowest BCUT2D eigenvalue weighted by Crippen LogP contribution is -2.24. The van der Waals surface area contributed by atoms with Crippen LogP contribution < -0.4 is 0 Å². The molecule has 0 amide bonds. The average Bonchev–Trinajstić information content (AvgIpc) is 2.45. The van der Waals surface area contributed by atoms with Crippen molar-refractivity contribution in [1.82, 2.24) is 0 Å². The van der Waals surface area contributed by atoms with E-state index < -0.39 is 0 Å². The Morgan fingerprint density at radius 2 is 1.95 bits per heavy atom. The van der Waals surface area contributed by atoms with Crippen LogP contribution in [0.3, 0.4) is 0 Å². The third kappa shape index (κ3) is 2.36. The highest BCUT2D eigenvalue weighted by Crippen LogP contribution is 2.30. The monoisotopic (exact) mass is 288 g/mol. The lowest BCUT2D eigenvalue weighted by molar-refractivity contribution is 0.0901. The van der Waals surface area contributed by atoms with Gasteiger partial charge in [-0.15, -0.1) is 0 Å². The summed E-state index contributed by atoms with van der Waals surface area (Å²) in [7, 11) is 0. The molecule has 1 aliphatic rings. The number of halogens is 2. The van der Waals surface area contributed by atoms with Gasteiger partial charge in [0.1, 0.15) is 5.82 Å². The van der Waals surface area contributed by atoms with Crippen molar-refractivity contribution in [2.45, 2.75) is 19.3 Å². The van der Waals surface area contributed by atoms with E-state index in [0.29, 0.717) is 17.0 Å². The van der Waals surface area contributed by atoms with Crippen molar-refractivity contribution < 1.29 is 9.18 Å². The number of fused-ring (bicyclic) bond motifs is 1. The van der Waals surface area contributed by atoms with E-state index in [0.717, 1.165) is 24.0 Å². The highest BCUT2D eigenvalue weighted by atomic mass is 35.5. The zero-order valence-electron chi connectivity index (χ0n) is 10.9. The molecule has 0 bridgehead atoms. The molecule has 0 aromatic heterocycles. The van der Waals surface area contributed by atoms with Gasteiger partial charge in [-0.25, -0.2) is 4.39 Å². The van der Waals surface area contributed by atoms with E-state index >= 15 is 0 Å². The maximum Gasteiger partial charge on any atom is 0.166 e. The summed E-state index contributed by atoms with van der Waals surface area (Å²) in [5.74, 6) is -0.408. The van der Waals surface area contributed by atoms with E-state index in [1.807, 2.05) is 24.3 Å². The third-order valence-electron chi connectivity index (χ3n) is 3.93. The van der Waals surface area contributed by atoms with Crippen molar-refractivity contribution in [3.8, 4) is 0 Å². The minimum Gasteiger partial charge on any atom is -0.294 e. The predicted molar refractivity (Wildman–Crippen MR) is 77.7 cm³/mol. The molecule has 1 aliphatic carbocycles. The summed E-state index contributed by atoms with van der Waals surface area (Å²) in [5.41, 5.74) is 2.32. The summed E-state index contributed by atoms with van der Waals surface area (Å²) in [6.07, 6.45) is 1.98. The first kappa shape index (κ1) is 13.3. The highest BCUT2D eigenvalue weighted by molar-refractivity contribution is 6.31. The Morgan fingerprint density at radius 1 is 1.15 bits per heavy atom. The van der Waals surface area contributed by atoms with E-state index in [2.05, 4.69) is 0 Å². The van der Waals surface area contributed by atoms with Crippen molar-refractivity contribution in [3.63, 3.8) is 0 Å².